The molecule has 28 heavy (non-hydrogen) atoms. The maximum absolute atomic E-state index is 12.4. The molecule has 0 saturated heterocycles. The van der Waals surface area contributed by atoms with Gasteiger partial charge in [-0.1, -0.05) is 26.2 Å². The van der Waals surface area contributed by atoms with Crippen molar-refractivity contribution in [2.24, 2.45) is 0 Å². The summed E-state index contributed by atoms with van der Waals surface area (Å²) in [6.07, 6.45) is 4.58. The number of nitrogens with zero attached hydrogens (tertiary/aromatic N) is 2. The van der Waals surface area contributed by atoms with E-state index >= 15 is 0 Å². The molecule has 3 rings (SSSR count). The first-order valence-corrected chi connectivity index (χ1v) is 10.1. The monoisotopic (exact) mass is 379 g/mol. The zero-order valence-corrected chi connectivity index (χ0v) is 17.0. The lowest BCUT2D eigenvalue weighted by Crippen LogP contribution is -2.24. The highest BCUT2D eigenvalue weighted by molar-refractivity contribution is 5.97. The largest absolute Gasteiger partial charge is 0.494 e. The Morgan fingerprint density at radius 3 is 2.57 bits per heavy atom. The smallest absolute Gasteiger partial charge is 0.251 e. The van der Waals surface area contributed by atoms with E-state index < -0.39 is 0 Å². The fourth-order valence-corrected chi connectivity index (χ4v) is 3.38. The number of amides is 1. The first-order chi connectivity index (χ1) is 13.6. The van der Waals surface area contributed by atoms with Gasteiger partial charge in [0.25, 0.3) is 5.91 Å². The Hall–Kier alpha value is -2.82. The first kappa shape index (κ1) is 19.9. The number of fused-ring (bicyclic) bond motifs is 1. The molecule has 5 heteroatoms. The van der Waals surface area contributed by atoms with Crippen LogP contribution in [0.1, 0.15) is 55.7 Å². The lowest BCUT2D eigenvalue weighted by atomic mass is 10.1. The van der Waals surface area contributed by atoms with Gasteiger partial charge in [0.2, 0.25) is 0 Å². The van der Waals surface area contributed by atoms with E-state index in [4.69, 9.17) is 4.74 Å². The SMILES string of the molecule is CCCCCCNC(=O)c1ccc2c(c1)nc(C)n2-c1ccc(OCC)cc1. The van der Waals surface area contributed by atoms with Crippen molar-refractivity contribution in [2.45, 2.75) is 46.5 Å². The van der Waals surface area contributed by atoms with Crippen molar-refractivity contribution in [3.8, 4) is 11.4 Å². The molecule has 1 heterocycles. The standard InChI is InChI=1S/C23H29N3O2/c1-4-6-7-8-15-24-23(27)18-9-14-22-21(16-18)25-17(3)26(22)19-10-12-20(13-11-19)28-5-2/h9-14,16H,4-8,15H2,1-3H3,(H,24,27). The molecule has 0 spiro atoms. The highest BCUT2D eigenvalue weighted by Crippen LogP contribution is 2.24. The van der Waals surface area contributed by atoms with E-state index in [0.29, 0.717) is 12.2 Å². The Morgan fingerprint density at radius 1 is 1.07 bits per heavy atom. The molecular weight excluding hydrogens is 350 g/mol. The van der Waals surface area contributed by atoms with E-state index in [1.54, 1.807) is 0 Å². The van der Waals surface area contributed by atoms with Crippen LogP contribution >= 0.6 is 0 Å². The van der Waals surface area contributed by atoms with Crippen molar-refractivity contribution in [1.82, 2.24) is 14.9 Å². The third kappa shape index (κ3) is 4.53. The number of hydrogen-bond acceptors (Lipinski definition) is 3. The van der Waals surface area contributed by atoms with Crippen LogP contribution in [-0.4, -0.2) is 28.6 Å². The molecule has 0 radical (unpaired) electrons. The predicted molar refractivity (Wildman–Crippen MR) is 113 cm³/mol. The number of ether oxygens (including phenoxy) is 1. The molecule has 0 fully saturated rings. The second-order valence-corrected chi connectivity index (χ2v) is 6.94. The molecule has 0 aliphatic rings. The van der Waals surface area contributed by atoms with Crippen molar-refractivity contribution in [3.63, 3.8) is 0 Å². The molecule has 1 N–H and O–H groups in total. The Morgan fingerprint density at radius 2 is 1.86 bits per heavy atom. The van der Waals surface area contributed by atoms with Gasteiger partial charge >= 0.3 is 0 Å². The van der Waals surface area contributed by atoms with Crippen LogP contribution in [0.2, 0.25) is 0 Å². The van der Waals surface area contributed by atoms with E-state index in [2.05, 4.69) is 21.8 Å². The molecule has 0 aliphatic carbocycles. The minimum atomic E-state index is -0.0355. The molecule has 148 valence electrons. The molecule has 2 aromatic carbocycles. The van der Waals surface area contributed by atoms with Crippen LogP contribution in [0.3, 0.4) is 0 Å². The fraction of sp³-hybridized carbons (Fsp3) is 0.391. The van der Waals surface area contributed by atoms with Crippen LogP contribution in [0.4, 0.5) is 0 Å². The topological polar surface area (TPSA) is 56.2 Å². The molecule has 3 aromatic rings. The number of aryl methyl sites for hydroxylation is 1. The summed E-state index contributed by atoms with van der Waals surface area (Å²) in [6.45, 7) is 7.50. The average molecular weight is 380 g/mol. The first-order valence-electron chi connectivity index (χ1n) is 10.1. The molecule has 1 aromatic heterocycles. The summed E-state index contributed by atoms with van der Waals surface area (Å²) in [7, 11) is 0. The van der Waals surface area contributed by atoms with E-state index in [1.165, 1.54) is 12.8 Å². The summed E-state index contributed by atoms with van der Waals surface area (Å²) in [5.41, 5.74) is 3.49. The number of benzene rings is 2. The molecule has 0 aliphatic heterocycles. The van der Waals surface area contributed by atoms with Gasteiger partial charge in [-0.2, -0.15) is 0 Å². The van der Waals surface area contributed by atoms with E-state index in [0.717, 1.165) is 47.7 Å². The number of nitrogens with one attached hydrogen (secondary N) is 1. The van der Waals surface area contributed by atoms with Crippen molar-refractivity contribution in [3.05, 3.63) is 53.9 Å². The Kier molecular flexibility index (Phi) is 6.69. The van der Waals surface area contributed by atoms with Gasteiger partial charge in [0.05, 0.1) is 17.6 Å². The number of hydrogen-bond donors (Lipinski definition) is 1. The molecule has 0 atom stereocenters. The molecule has 1 amide bonds. The quantitative estimate of drug-likeness (QED) is 0.530. The molecule has 0 bridgehead atoms. The molecular formula is C23H29N3O2. The zero-order chi connectivity index (χ0) is 19.9. The summed E-state index contributed by atoms with van der Waals surface area (Å²) in [5.74, 6) is 1.70. The predicted octanol–water partition coefficient (Wildman–Crippen LogP) is 5.04. The van der Waals surface area contributed by atoms with Crippen molar-refractivity contribution < 1.29 is 9.53 Å². The number of aromatic nitrogens is 2. The fourth-order valence-electron chi connectivity index (χ4n) is 3.38. The van der Waals surface area contributed by atoms with Gasteiger partial charge in [-0.3, -0.25) is 9.36 Å². The minimum Gasteiger partial charge on any atom is -0.494 e. The van der Waals surface area contributed by atoms with Crippen molar-refractivity contribution in [2.75, 3.05) is 13.2 Å². The Labute approximate surface area is 166 Å². The molecule has 5 nitrogen and oxygen atoms in total. The van der Waals surface area contributed by atoms with Gasteiger partial charge in [-0.05, 0) is 62.7 Å². The maximum atomic E-state index is 12.4. The molecule has 0 saturated carbocycles. The lowest BCUT2D eigenvalue weighted by molar-refractivity contribution is 0.0953. The number of carbonyl (C=O) groups is 1. The van der Waals surface area contributed by atoms with E-state index in [1.807, 2.05) is 56.3 Å². The summed E-state index contributed by atoms with van der Waals surface area (Å²) in [6, 6.07) is 13.7. The Bertz CT molecular complexity index is 929. The number of unbranched alkanes of at least 4 members (excludes halogenated alkanes) is 3. The number of imidazole rings is 1. The normalized spacial score (nSPS) is 11.0. The highest BCUT2D eigenvalue weighted by atomic mass is 16.5. The summed E-state index contributed by atoms with van der Waals surface area (Å²) in [5, 5.41) is 3.01. The van der Waals surface area contributed by atoms with E-state index in [9.17, 15) is 4.79 Å². The van der Waals surface area contributed by atoms with Crippen LogP contribution in [0.5, 0.6) is 5.75 Å². The number of rotatable bonds is 9. The second-order valence-electron chi connectivity index (χ2n) is 6.94. The third-order valence-electron chi connectivity index (χ3n) is 4.81. The highest BCUT2D eigenvalue weighted by Gasteiger charge is 2.12. The van der Waals surface area contributed by atoms with Gasteiger partial charge in [-0.15, -0.1) is 0 Å². The average Bonchev–Trinajstić information content (AvgIpc) is 3.03. The van der Waals surface area contributed by atoms with Gasteiger partial charge < -0.3 is 10.1 Å². The maximum Gasteiger partial charge on any atom is 0.251 e. The van der Waals surface area contributed by atoms with Crippen LogP contribution in [0.25, 0.3) is 16.7 Å². The van der Waals surface area contributed by atoms with Crippen LogP contribution < -0.4 is 10.1 Å². The van der Waals surface area contributed by atoms with E-state index in [-0.39, 0.29) is 5.91 Å². The zero-order valence-electron chi connectivity index (χ0n) is 17.0. The van der Waals surface area contributed by atoms with Crippen LogP contribution in [-0.2, 0) is 0 Å². The van der Waals surface area contributed by atoms with Crippen molar-refractivity contribution in [1.29, 1.82) is 0 Å². The summed E-state index contributed by atoms with van der Waals surface area (Å²) in [4.78, 5) is 17.1. The summed E-state index contributed by atoms with van der Waals surface area (Å²) >= 11 is 0. The van der Waals surface area contributed by atoms with Crippen molar-refractivity contribution >= 4 is 16.9 Å². The molecule has 0 unspecified atom stereocenters. The van der Waals surface area contributed by atoms with Gasteiger partial charge in [-0.25, -0.2) is 4.98 Å². The van der Waals surface area contributed by atoms with Gasteiger partial charge in [0.1, 0.15) is 11.6 Å². The third-order valence-corrected chi connectivity index (χ3v) is 4.81. The number of carbonyl (C=O) groups excluding carboxylic acids is 1. The minimum absolute atomic E-state index is 0.0355. The van der Waals surface area contributed by atoms with Gasteiger partial charge in [0, 0.05) is 17.8 Å². The van der Waals surface area contributed by atoms with Crippen LogP contribution in [0, 0.1) is 6.92 Å². The Balaban J connectivity index is 1.78. The second kappa shape index (κ2) is 9.40. The lowest BCUT2D eigenvalue weighted by Gasteiger charge is -2.09. The van der Waals surface area contributed by atoms with Gasteiger partial charge in [0.15, 0.2) is 0 Å². The van der Waals surface area contributed by atoms with Crippen LogP contribution in [0.15, 0.2) is 42.5 Å². The summed E-state index contributed by atoms with van der Waals surface area (Å²) < 4.78 is 7.62.